The van der Waals surface area contributed by atoms with E-state index in [-0.39, 0.29) is 30.2 Å². The maximum Gasteiger partial charge on any atom is 0.389 e. The van der Waals surface area contributed by atoms with Gasteiger partial charge in [0.2, 0.25) is 5.82 Å². The van der Waals surface area contributed by atoms with E-state index in [1.165, 1.54) is 18.7 Å². The van der Waals surface area contributed by atoms with Gasteiger partial charge >= 0.3 is 11.9 Å². The van der Waals surface area contributed by atoms with Crippen molar-refractivity contribution < 1.29 is 18.1 Å². The van der Waals surface area contributed by atoms with Crippen LogP contribution in [0.25, 0.3) is 0 Å². The van der Waals surface area contributed by atoms with Crippen LogP contribution in [0.3, 0.4) is 0 Å². The van der Waals surface area contributed by atoms with Crippen LogP contribution in [-0.4, -0.2) is 27.4 Å². The molecule has 1 heterocycles. The lowest BCUT2D eigenvalue weighted by Crippen LogP contribution is -2.13. The van der Waals surface area contributed by atoms with Crippen LogP contribution in [-0.2, 0) is 7.05 Å². The second-order valence-corrected chi connectivity index (χ2v) is 3.81. The molecule has 0 aromatic carbocycles. The van der Waals surface area contributed by atoms with Crippen molar-refractivity contribution in [1.82, 2.24) is 9.78 Å². The fourth-order valence-corrected chi connectivity index (χ4v) is 1.56. The average Bonchev–Trinajstić information content (AvgIpc) is 2.46. The van der Waals surface area contributed by atoms with E-state index in [1.54, 1.807) is 0 Å². The molecule has 0 bridgehead atoms. The minimum absolute atomic E-state index is 0.000671. The highest BCUT2D eigenvalue weighted by atomic mass is 19.4. The molecule has 1 aromatic rings. The van der Waals surface area contributed by atoms with Gasteiger partial charge in [0.1, 0.15) is 5.69 Å². The number of anilines is 1. The van der Waals surface area contributed by atoms with E-state index in [0.717, 1.165) is 0 Å². The first-order valence-electron chi connectivity index (χ1n) is 5.21. The largest absolute Gasteiger partial charge is 0.389 e. The number of nitrogens with zero attached hydrogens (tertiary/aromatic N) is 3. The van der Waals surface area contributed by atoms with Gasteiger partial charge in [-0.3, -0.25) is 10.1 Å². The number of alkyl halides is 3. The zero-order valence-electron chi connectivity index (χ0n) is 9.91. The predicted molar refractivity (Wildman–Crippen MR) is 58.4 cm³/mol. The molecule has 0 spiro atoms. The highest BCUT2D eigenvalue weighted by molar-refractivity contribution is 5.59. The van der Waals surface area contributed by atoms with E-state index >= 15 is 0 Å². The van der Waals surface area contributed by atoms with Gasteiger partial charge in [-0.2, -0.15) is 18.3 Å². The van der Waals surface area contributed by atoms with Gasteiger partial charge in [0, 0.05) is 20.0 Å². The van der Waals surface area contributed by atoms with E-state index in [1.807, 2.05) is 0 Å². The van der Waals surface area contributed by atoms with Crippen molar-refractivity contribution in [2.24, 2.45) is 7.05 Å². The Morgan fingerprint density at radius 1 is 1.50 bits per heavy atom. The Hall–Kier alpha value is -1.80. The third-order valence-corrected chi connectivity index (χ3v) is 2.30. The summed E-state index contributed by atoms with van der Waals surface area (Å²) in [7, 11) is 1.49. The van der Waals surface area contributed by atoms with E-state index in [0.29, 0.717) is 0 Å². The minimum atomic E-state index is -4.21. The highest BCUT2D eigenvalue weighted by Gasteiger charge is 2.27. The maximum absolute atomic E-state index is 11.9. The van der Waals surface area contributed by atoms with Crippen LogP contribution in [0.5, 0.6) is 0 Å². The maximum atomic E-state index is 11.9. The zero-order chi connectivity index (χ0) is 13.9. The fourth-order valence-electron chi connectivity index (χ4n) is 1.56. The second-order valence-electron chi connectivity index (χ2n) is 3.81. The summed E-state index contributed by atoms with van der Waals surface area (Å²) in [6.07, 6.45) is -5.29. The third-order valence-electron chi connectivity index (χ3n) is 2.30. The van der Waals surface area contributed by atoms with E-state index in [9.17, 15) is 23.3 Å². The number of hydrogen-bond acceptors (Lipinski definition) is 4. The molecule has 0 fully saturated rings. The molecule has 0 aliphatic heterocycles. The third kappa shape index (κ3) is 3.60. The number of rotatable bonds is 5. The summed E-state index contributed by atoms with van der Waals surface area (Å²) in [6.45, 7) is 1.47. The standard InChI is InChI=1S/C9H13F3N4O2/c1-6-7(16(17)18)8(15(2)14-6)13-5-3-4-9(10,11)12/h13H,3-5H2,1-2H3. The molecule has 0 aliphatic carbocycles. The molecular formula is C9H13F3N4O2. The first-order chi connectivity index (χ1) is 8.22. The molecule has 6 nitrogen and oxygen atoms in total. The van der Waals surface area contributed by atoms with Crippen molar-refractivity contribution >= 4 is 11.5 Å². The van der Waals surface area contributed by atoms with E-state index in [4.69, 9.17) is 0 Å². The normalized spacial score (nSPS) is 11.6. The van der Waals surface area contributed by atoms with Crippen molar-refractivity contribution in [3.05, 3.63) is 15.8 Å². The van der Waals surface area contributed by atoms with Crippen LogP contribution in [0.4, 0.5) is 24.7 Å². The quantitative estimate of drug-likeness (QED) is 0.504. The van der Waals surface area contributed by atoms with Gasteiger partial charge in [0.25, 0.3) is 0 Å². The fraction of sp³-hybridized carbons (Fsp3) is 0.667. The molecule has 0 amide bonds. The monoisotopic (exact) mass is 266 g/mol. The van der Waals surface area contributed by atoms with Crippen LogP contribution in [0.15, 0.2) is 0 Å². The Kier molecular flexibility index (Phi) is 4.15. The summed E-state index contributed by atoms with van der Waals surface area (Å²) in [5, 5.41) is 17.2. The SMILES string of the molecule is Cc1nn(C)c(NCCCC(F)(F)F)c1[N+](=O)[O-]. The molecule has 0 saturated carbocycles. The van der Waals surface area contributed by atoms with Crippen LogP contribution >= 0.6 is 0 Å². The summed E-state index contributed by atoms with van der Waals surface area (Å²) in [5.41, 5.74) is 0.0188. The van der Waals surface area contributed by atoms with Crippen LogP contribution in [0, 0.1) is 17.0 Å². The average molecular weight is 266 g/mol. The first-order valence-corrected chi connectivity index (χ1v) is 5.21. The summed E-state index contributed by atoms with van der Waals surface area (Å²) in [4.78, 5) is 10.2. The number of hydrogen-bond donors (Lipinski definition) is 1. The number of nitro groups is 1. The Morgan fingerprint density at radius 2 is 2.11 bits per heavy atom. The van der Waals surface area contributed by atoms with Gasteiger partial charge in [-0.05, 0) is 13.3 Å². The Morgan fingerprint density at radius 3 is 2.61 bits per heavy atom. The molecule has 18 heavy (non-hydrogen) atoms. The molecular weight excluding hydrogens is 253 g/mol. The summed E-state index contributed by atoms with van der Waals surface area (Å²) >= 11 is 0. The number of aromatic nitrogens is 2. The molecule has 9 heteroatoms. The van der Waals surface area contributed by atoms with Gasteiger partial charge in [0.15, 0.2) is 0 Å². The Balaban J connectivity index is 2.65. The summed E-state index contributed by atoms with van der Waals surface area (Å²) in [6, 6.07) is 0. The van der Waals surface area contributed by atoms with E-state index in [2.05, 4.69) is 10.4 Å². The molecule has 1 aromatic heterocycles. The zero-order valence-corrected chi connectivity index (χ0v) is 9.91. The molecule has 1 rings (SSSR count). The van der Waals surface area contributed by atoms with Crippen LogP contribution in [0.2, 0.25) is 0 Å². The first kappa shape index (κ1) is 14.3. The number of aryl methyl sites for hydroxylation is 2. The van der Waals surface area contributed by atoms with Crippen molar-refractivity contribution in [1.29, 1.82) is 0 Å². The van der Waals surface area contributed by atoms with Gasteiger partial charge in [0.05, 0.1) is 4.92 Å². The molecule has 0 unspecified atom stereocenters. The van der Waals surface area contributed by atoms with Gasteiger partial charge in [-0.1, -0.05) is 0 Å². The van der Waals surface area contributed by atoms with Crippen LogP contribution in [0.1, 0.15) is 18.5 Å². The lowest BCUT2D eigenvalue weighted by Gasteiger charge is -2.08. The summed E-state index contributed by atoms with van der Waals surface area (Å²) in [5.74, 6) is 0.125. The lowest BCUT2D eigenvalue weighted by molar-refractivity contribution is -0.384. The van der Waals surface area contributed by atoms with Crippen molar-refractivity contribution in [3.63, 3.8) is 0 Å². The molecule has 0 saturated heterocycles. The van der Waals surface area contributed by atoms with Crippen LogP contribution < -0.4 is 5.32 Å². The minimum Gasteiger partial charge on any atom is -0.365 e. The topological polar surface area (TPSA) is 73.0 Å². The van der Waals surface area contributed by atoms with Crippen molar-refractivity contribution in [2.75, 3.05) is 11.9 Å². The lowest BCUT2D eigenvalue weighted by atomic mass is 10.3. The molecule has 1 N–H and O–H groups in total. The highest BCUT2D eigenvalue weighted by Crippen LogP contribution is 2.27. The Labute approximate surface area is 101 Å². The summed E-state index contributed by atoms with van der Waals surface area (Å²) < 4.78 is 37.0. The Bertz CT molecular complexity index is 442. The number of nitrogens with one attached hydrogen (secondary N) is 1. The second kappa shape index (κ2) is 5.23. The van der Waals surface area contributed by atoms with Gasteiger partial charge < -0.3 is 5.32 Å². The van der Waals surface area contributed by atoms with Gasteiger partial charge in [-0.15, -0.1) is 0 Å². The van der Waals surface area contributed by atoms with Crippen molar-refractivity contribution in [2.45, 2.75) is 25.9 Å². The van der Waals surface area contributed by atoms with E-state index < -0.39 is 17.5 Å². The molecule has 0 aliphatic rings. The number of halogens is 3. The molecule has 0 radical (unpaired) electrons. The van der Waals surface area contributed by atoms with Crippen molar-refractivity contribution in [3.8, 4) is 0 Å². The molecule has 0 atom stereocenters. The molecule has 102 valence electrons. The predicted octanol–water partition coefficient (Wildman–Crippen LogP) is 2.39. The van der Waals surface area contributed by atoms with Gasteiger partial charge in [-0.25, -0.2) is 4.68 Å². The smallest absolute Gasteiger partial charge is 0.365 e.